The van der Waals surface area contributed by atoms with Gasteiger partial charge < -0.3 is 30.1 Å². The van der Waals surface area contributed by atoms with Gasteiger partial charge in [-0.1, -0.05) is 36.4 Å². The summed E-state index contributed by atoms with van der Waals surface area (Å²) in [6, 6.07) is 14.1. The lowest BCUT2D eigenvalue weighted by Crippen LogP contribution is -2.48. The molecule has 3 heterocycles. The first-order chi connectivity index (χ1) is 19.6. The van der Waals surface area contributed by atoms with Crippen LogP contribution in [0, 0.1) is 6.92 Å². The van der Waals surface area contributed by atoms with Crippen LogP contribution < -0.4 is 20.8 Å². The smallest absolute Gasteiger partial charge is 0.407 e. The molecule has 4 rings (SSSR count). The van der Waals surface area contributed by atoms with Crippen LogP contribution in [-0.2, 0) is 27.5 Å². The molecule has 2 aromatic heterocycles. The number of rotatable bonds is 9. The van der Waals surface area contributed by atoms with Crippen molar-refractivity contribution in [2.24, 2.45) is 0 Å². The van der Waals surface area contributed by atoms with Crippen LogP contribution in [0.2, 0.25) is 0 Å². The summed E-state index contributed by atoms with van der Waals surface area (Å²) >= 11 is 0. The average molecular weight is 567 g/mol. The van der Waals surface area contributed by atoms with E-state index in [2.05, 4.69) is 25.1 Å². The Morgan fingerprint density at radius 1 is 1.00 bits per heavy atom. The maximum atomic E-state index is 12.9. The Morgan fingerprint density at radius 3 is 2.24 bits per heavy atom. The molecule has 1 atom stereocenters. The van der Waals surface area contributed by atoms with Crippen molar-refractivity contribution in [3.63, 3.8) is 0 Å². The quantitative estimate of drug-likeness (QED) is 0.347. The minimum absolute atomic E-state index is 0.0485. The number of hydrogen-bond acceptors (Lipinski definition) is 9. The van der Waals surface area contributed by atoms with Gasteiger partial charge in [-0.2, -0.15) is 4.98 Å². The van der Waals surface area contributed by atoms with Gasteiger partial charge in [-0.05, 0) is 24.6 Å². The van der Waals surface area contributed by atoms with Crippen LogP contribution >= 0.6 is 0 Å². The third-order valence-electron chi connectivity index (χ3n) is 6.07. The zero-order valence-corrected chi connectivity index (χ0v) is 23.0. The highest BCUT2D eigenvalue weighted by molar-refractivity contribution is 5.71. The third kappa shape index (κ3) is 9.95. The van der Waals surface area contributed by atoms with Gasteiger partial charge in [-0.15, -0.1) is 0 Å². The molecule has 13 heteroatoms. The highest BCUT2D eigenvalue weighted by Crippen LogP contribution is 2.19. The highest BCUT2D eigenvalue weighted by Gasteiger charge is 2.23. The number of nitrogens with one attached hydrogen (secondary N) is 1. The zero-order valence-electron chi connectivity index (χ0n) is 23.0. The molecule has 1 aromatic carbocycles. The van der Waals surface area contributed by atoms with Crippen molar-refractivity contribution < 1.29 is 29.3 Å². The fraction of sp³-hybridized carbons (Fsp3) is 0.357. The van der Waals surface area contributed by atoms with Gasteiger partial charge in [0.15, 0.2) is 0 Å². The standard InChI is InChI=1S/C26H30N6O5.C2H4O2/c1-19-16-32(17-21(15-23(33)34)28-26(36)37-18-20-7-3-2-4-8-20)25(35)29-24(19)31-13-11-30(12-14-31)22-9-5-6-10-27-22;1-2(3)4/h2-10,16,21H,11-15,17-18H2,1H3,(H,28,36)(H,33,34);1H3,(H,3,4). The number of hydrogen-bond donors (Lipinski definition) is 3. The van der Waals surface area contributed by atoms with Crippen molar-refractivity contribution in [1.82, 2.24) is 19.9 Å². The number of carboxylic acids is 2. The zero-order chi connectivity index (χ0) is 29.8. The normalized spacial score (nSPS) is 13.4. The van der Waals surface area contributed by atoms with Crippen LogP contribution in [0.5, 0.6) is 0 Å². The third-order valence-corrected chi connectivity index (χ3v) is 6.07. The molecule has 0 aliphatic carbocycles. The van der Waals surface area contributed by atoms with Gasteiger partial charge in [-0.25, -0.2) is 14.6 Å². The molecule has 0 radical (unpaired) electrons. The Hall–Kier alpha value is -4.94. The lowest BCUT2D eigenvalue weighted by Gasteiger charge is -2.36. The summed E-state index contributed by atoms with van der Waals surface area (Å²) in [5.41, 5.74) is 1.08. The van der Waals surface area contributed by atoms with Gasteiger partial charge in [0.2, 0.25) is 0 Å². The number of aliphatic carboxylic acids is 2. The number of pyridine rings is 1. The Morgan fingerprint density at radius 2 is 1.63 bits per heavy atom. The topological polar surface area (TPSA) is 167 Å². The van der Waals surface area contributed by atoms with Gasteiger partial charge in [-0.3, -0.25) is 14.2 Å². The summed E-state index contributed by atoms with van der Waals surface area (Å²) in [4.78, 5) is 58.5. The van der Waals surface area contributed by atoms with Gasteiger partial charge in [0.1, 0.15) is 18.2 Å². The van der Waals surface area contributed by atoms with Crippen molar-refractivity contribution in [3.8, 4) is 0 Å². The van der Waals surface area contributed by atoms with Crippen molar-refractivity contribution in [2.75, 3.05) is 36.0 Å². The van der Waals surface area contributed by atoms with Gasteiger partial charge in [0, 0.05) is 57.6 Å². The number of aromatic nitrogens is 3. The molecule has 3 aromatic rings. The first-order valence-electron chi connectivity index (χ1n) is 13.0. The molecule has 0 spiro atoms. The maximum Gasteiger partial charge on any atom is 0.407 e. The first-order valence-corrected chi connectivity index (χ1v) is 13.0. The Kier molecular flexibility index (Phi) is 11.2. The van der Waals surface area contributed by atoms with Crippen molar-refractivity contribution in [2.45, 2.75) is 39.5 Å². The summed E-state index contributed by atoms with van der Waals surface area (Å²) in [6.07, 6.45) is 2.29. The van der Waals surface area contributed by atoms with Crippen molar-refractivity contribution in [3.05, 3.63) is 82.5 Å². The van der Waals surface area contributed by atoms with E-state index in [4.69, 9.17) is 14.6 Å². The predicted octanol–water partition coefficient (Wildman–Crippen LogP) is 2.13. The molecule has 1 fully saturated rings. The van der Waals surface area contributed by atoms with E-state index in [0.29, 0.717) is 18.9 Å². The average Bonchev–Trinajstić information content (AvgIpc) is 2.94. The second-order valence-electron chi connectivity index (χ2n) is 9.36. The van der Waals surface area contributed by atoms with E-state index in [-0.39, 0.29) is 19.6 Å². The Balaban J connectivity index is 0.00000108. The number of aryl methyl sites for hydroxylation is 1. The number of carbonyl (C=O) groups excluding carboxylic acids is 1. The number of amides is 1. The van der Waals surface area contributed by atoms with Crippen LogP contribution in [0.1, 0.15) is 24.5 Å². The lowest BCUT2D eigenvalue weighted by atomic mass is 10.2. The van der Waals surface area contributed by atoms with E-state index in [1.165, 1.54) is 4.57 Å². The van der Waals surface area contributed by atoms with Crippen LogP contribution in [0.4, 0.5) is 16.4 Å². The van der Waals surface area contributed by atoms with E-state index in [1.54, 1.807) is 12.4 Å². The molecule has 13 nitrogen and oxygen atoms in total. The summed E-state index contributed by atoms with van der Waals surface area (Å²) in [6.45, 7) is 5.81. The van der Waals surface area contributed by atoms with Gasteiger partial charge in [0.25, 0.3) is 5.97 Å². The molecule has 3 N–H and O–H groups in total. The lowest BCUT2D eigenvalue weighted by molar-refractivity contribution is -0.137. The SMILES string of the molecule is CC(=O)O.Cc1cn(CC(CC(=O)O)NC(=O)OCc2ccccc2)c(=O)nc1N1CCN(c2ccccn2)CC1. The van der Waals surface area contributed by atoms with E-state index >= 15 is 0 Å². The molecule has 1 saturated heterocycles. The molecule has 0 saturated carbocycles. The number of carbonyl (C=O) groups is 3. The number of alkyl carbamates (subject to hydrolysis) is 1. The Labute approximate surface area is 237 Å². The largest absolute Gasteiger partial charge is 0.481 e. The number of benzene rings is 1. The van der Waals surface area contributed by atoms with E-state index in [9.17, 15) is 19.5 Å². The minimum Gasteiger partial charge on any atom is -0.481 e. The molecule has 1 aliphatic rings. The molecular weight excluding hydrogens is 532 g/mol. The van der Waals surface area contributed by atoms with Gasteiger partial charge in [0.05, 0.1) is 12.5 Å². The monoisotopic (exact) mass is 566 g/mol. The Bertz CT molecular complexity index is 1360. The van der Waals surface area contributed by atoms with Crippen molar-refractivity contribution in [1.29, 1.82) is 0 Å². The number of nitrogens with zero attached hydrogens (tertiary/aromatic N) is 5. The first kappa shape index (κ1) is 30.6. The molecule has 1 unspecified atom stereocenters. The summed E-state index contributed by atoms with van der Waals surface area (Å²) in [5.74, 6) is -0.415. The minimum atomic E-state index is -1.10. The van der Waals surface area contributed by atoms with Crippen molar-refractivity contribution >= 4 is 29.7 Å². The second kappa shape index (κ2) is 15.0. The highest BCUT2D eigenvalue weighted by atomic mass is 16.5. The van der Waals surface area contributed by atoms with Crippen LogP contribution in [-0.4, -0.2) is 75.0 Å². The molecule has 1 amide bonds. The van der Waals surface area contributed by atoms with E-state index < -0.39 is 29.8 Å². The molecule has 218 valence electrons. The fourth-order valence-electron chi connectivity index (χ4n) is 4.27. The summed E-state index contributed by atoms with van der Waals surface area (Å²) in [5, 5.41) is 19.3. The predicted molar refractivity (Wildman–Crippen MR) is 151 cm³/mol. The number of carboxylic acid groups (broad SMARTS) is 2. The van der Waals surface area contributed by atoms with Gasteiger partial charge >= 0.3 is 17.8 Å². The van der Waals surface area contributed by atoms with E-state index in [0.717, 1.165) is 37.0 Å². The number of ether oxygens (including phenoxy) is 1. The fourth-order valence-corrected chi connectivity index (χ4v) is 4.27. The van der Waals surface area contributed by atoms with Crippen LogP contribution in [0.25, 0.3) is 0 Å². The molecule has 1 aliphatic heterocycles. The van der Waals surface area contributed by atoms with E-state index in [1.807, 2.05) is 55.5 Å². The van der Waals surface area contributed by atoms with Crippen LogP contribution in [0.3, 0.4) is 0 Å². The number of piperazine rings is 1. The molecule has 0 bridgehead atoms. The molecular formula is C28H34N6O7. The molecule has 41 heavy (non-hydrogen) atoms. The number of anilines is 2. The summed E-state index contributed by atoms with van der Waals surface area (Å²) in [7, 11) is 0. The summed E-state index contributed by atoms with van der Waals surface area (Å²) < 4.78 is 6.54. The maximum absolute atomic E-state index is 12.9. The second-order valence-corrected chi connectivity index (χ2v) is 9.36. The van der Waals surface area contributed by atoms with Crippen LogP contribution in [0.15, 0.2) is 65.7 Å².